The third-order valence-electron chi connectivity index (χ3n) is 4.98. The predicted molar refractivity (Wildman–Crippen MR) is 108 cm³/mol. The number of aromatic nitrogens is 2. The lowest BCUT2D eigenvalue weighted by atomic mass is 10.00. The Balaban J connectivity index is 1.89. The van der Waals surface area contributed by atoms with Crippen molar-refractivity contribution >= 4 is 11.8 Å². The van der Waals surface area contributed by atoms with Gasteiger partial charge in [-0.05, 0) is 32.1 Å². The number of nitrogens with zero attached hydrogens (tertiary/aromatic N) is 3. The van der Waals surface area contributed by atoms with E-state index in [0.29, 0.717) is 12.0 Å². The molecular weight excluding hydrogens is 324 g/mol. The monoisotopic (exact) mass is 354 g/mol. The van der Waals surface area contributed by atoms with Gasteiger partial charge in [-0.1, -0.05) is 37.3 Å². The minimum absolute atomic E-state index is 0.573. The second-order valence-corrected chi connectivity index (χ2v) is 6.83. The van der Waals surface area contributed by atoms with Gasteiger partial charge in [0.2, 0.25) is 5.95 Å². The smallest absolute Gasteiger partial charge is 0.225 e. The molecule has 0 amide bonds. The molecular formula is C21H30N4O. The van der Waals surface area contributed by atoms with Crippen LogP contribution in [0.5, 0.6) is 0 Å². The highest BCUT2D eigenvalue weighted by molar-refractivity contribution is 5.65. The van der Waals surface area contributed by atoms with Crippen LogP contribution in [0.3, 0.4) is 0 Å². The third-order valence-corrected chi connectivity index (χ3v) is 4.98. The van der Waals surface area contributed by atoms with Gasteiger partial charge in [0.1, 0.15) is 5.82 Å². The van der Waals surface area contributed by atoms with Gasteiger partial charge < -0.3 is 15.0 Å². The summed E-state index contributed by atoms with van der Waals surface area (Å²) in [6, 6.07) is 13.1. The highest BCUT2D eigenvalue weighted by Gasteiger charge is 2.23. The molecule has 3 rings (SSSR count). The molecule has 26 heavy (non-hydrogen) atoms. The summed E-state index contributed by atoms with van der Waals surface area (Å²) in [7, 11) is 1.73. The third kappa shape index (κ3) is 4.73. The van der Waals surface area contributed by atoms with Crippen molar-refractivity contribution in [1.29, 1.82) is 0 Å². The molecule has 1 aromatic carbocycles. The lowest BCUT2D eigenvalue weighted by molar-refractivity contribution is 0.197. The Bertz CT molecular complexity index is 677. The van der Waals surface area contributed by atoms with Gasteiger partial charge in [0.05, 0.1) is 5.69 Å². The van der Waals surface area contributed by atoms with E-state index in [2.05, 4.69) is 47.5 Å². The highest BCUT2D eigenvalue weighted by atomic mass is 16.5. The molecule has 2 heterocycles. The van der Waals surface area contributed by atoms with E-state index in [4.69, 9.17) is 14.7 Å². The fraction of sp³-hybridized carbons (Fsp3) is 0.524. The maximum atomic E-state index is 5.13. The van der Waals surface area contributed by atoms with Gasteiger partial charge in [0.15, 0.2) is 0 Å². The van der Waals surface area contributed by atoms with Crippen molar-refractivity contribution in [3.05, 3.63) is 36.4 Å². The number of anilines is 2. The average Bonchev–Trinajstić information content (AvgIpc) is 2.71. The van der Waals surface area contributed by atoms with Crippen molar-refractivity contribution in [3.8, 4) is 11.3 Å². The molecule has 0 spiro atoms. The van der Waals surface area contributed by atoms with Gasteiger partial charge >= 0.3 is 0 Å². The number of methoxy groups -OCH3 is 1. The molecule has 0 radical (unpaired) electrons. The first-order valence-electron chi connectivity index (χ1n) is 9.75. The van der Waals surface area contributed by atoms with Crippen LogP contribution in [0.15, 0.2) is 36.4 Å². The molecule has 1 aromatic heterocycles. The second-order valence-electron chi connectivity index (χ2n) is 6.83. The number of nitrogens with one attached hydrogen (secondary N) is 1. The van der Waals surface area contributed by atoms with E-state index in [1.807, 2.05) is 6.07 Å². The summed E-state index contributed by atoms with van der Waals surface area (Å²) in [5.41, 5.74) is 2.10. The maximum absolute atomic E-state index is 5.13. The van der Waals surface area contributed by atoms with Crippen molar-refractivity contribution in [1.82, 2.24) is 9.97 Å². The van der Waals surface area contributed by atoms with Crippen LogP contribution in [0.25, 0.3) is 11.3 Å². The fourth-order valence-electron chi connectivity index (χ4n) is 3.56. The van der Waals surface area contributed by atoms with Gasteiger partial charge in [-0.25, -0.2) is 4.98 Å². The molecule has 2 aromatic rings. The summed E-state index contributed by atoms with van der Waals surface area (Å²) in [4.78, 5) is 12.1. The first kappa shape index (κ1) is 18.6. The van der Waals surface area contributed by atoms with E-state index in [-0.39, 0.29) is 0 Å². The zero-order valence-corrected chi connectivity index (χ0v) is 15.9. The van der Waals surface area contributed by atoms with Crippen molar-refractivity contribution in [3.63, 3.8) is 0 Å². The Morgan fingerprint density at radius 3 is 2.81 bits per heavy atom. The molecule has 5 heteroatoms. The number of ether oxygens (including phenoxy) is 1. The maximum Gasteiger partial charge on any atom is 0.225 e. The number of rotatable bonds is 8. The molecule has 1 aliphatic rings. The van der Waals surface area contributed by atoms with Gasteiger partial charge in [-0.15, -0.1) is 0 Å². The lowest BCUT2D eigenvalue weighted by Crippen LogP contribution is -2.39. The molecule has 0 aliphatic carbocycles. The summed E-state index contributed by atoms with van der Waals surface area (Å²) in [5.74, 6) is 1.75. The average molecular weight is 354 g/mol. The van der Waals surface area contributed by atoms with Crippen LogP contribution in [-0.4, -0.2) is 42.8 Å². The summed E-state index contributed by atoms with van der Waals surface area (Å²) in [6.07, 6.45) is 5.89. The molecule has 1 saturated heterocycles. The van der Waals surface area contributed by atoms with Gasteiger partial charge in [-0.2, -0.15) is 4.98 Å². The predicted octanol–water partition coefficient (Wildman–Crippen LogP) is 4.36. The second kappa shape index (κ2) is 9.53. The molecule has 0 saturated carbocycles. The van der Waals surface area contributed by atoms with E-state index < -0.39 is 0 Å². The molecule has 1 atom stereocenters. The van der Waals surface area contributed by atoms with E-state index in [0.717, 1.165) is 49.6 Å². The minimum atomic E-state index is 0.573. The Kier molecular flexibility index (Phi) is 6.83. The SMILES string of the molecule is CCC1CCCCN1c1cc(-c2ccccc2)nc(NCCCOC)n1. The molecule has 1 fully saturated rings. The first-order chi connectivity index (χ1) is 12.8. The van der Waals surface area contributed by atoms with Gasteiger partial charge in [0, 0.05) is 44.5 Å². The van der Waals surface area contributed by atoms with Crippen LogP contribution in [0.1, 0.15) is 39.0 Å². The zero-order chi connectivity index (χ0) is 18.2. The van der Waals surface area contributed by atoms with Crippen molar-refractivity contribution in [2.24, 2.45) is 0 Å². The van der Waals surface area contributed by atoms with Crippen molar-refractivity contribution in [2.75, 3.05) is 37.0 Å². The minimum Gasteiger partial charge on any atom is -0.385 e. The van der Waals surface area contributed by atoms with Crippen LogP contribution < -0.4 is 10.2 Å². The first-order valence-corrected chi connectivity index (χ1v) is 9.75. The van der Waals surface area contributed by atoms with E-state index in [1.54, 1.807) is 7.11 Å². The fourth-order valence-corrected chi connectivity index (χ4v) is 3.56. The Morgan fingerprint density at radius 1 is 1.19 bits per heavy atom. The Morgan fingerprint density at radius 2 is 2.04 bits per heavy atom. The van der Waals surface area contributed by atoms with Crippen LogP contribution in [0, 0.1) is 0 Å². The van der Waals surface area contributed by atoms with Crippen LogP contribution in [-0.2, 0) is 4.74 Å². The highest BCUT2D eigenvalue weighted by Crippen LogP contribution is 2.29. The van der Waals surface area contributed by atoms with E-state index >= 15 is 0 Å². The van der Waals surface area contributed by atoms with E-state index in [1.165, 1.54) is 19.3 Å². The number of hydrogen-bond acceptors (Lipinski definition) is 5. The van der Waals surface area contributed by atoms with Crippen LogP contribution in [0.2, 0.25) is 0 Å². The van der Waals surface area contributed by atoms with Gasteiger partial charge in [-0.3, -0.25) is 0 Å². The summed E-state index contributed by atoms with van der Waals surface area (Å²) < 4.78 is 5.13. The summed E-state index contributed by atoms with van der Waals surface area (Å²) in [5, 5.41) is 3.37. The van der Waals surface area contributed by atoms with Gasteiger partial charge in [0.25, 0.3) is 0 Å². The molecule has 0 bridgehead atoms. The van der Waals surface area contributed by atoms with Crippen LogP contribution >= 0.6 is 0 Å². The lowest BCUT2D eigenvalue weighted by Gasteiger charge is -2.36. The molecule has 140 valence electrons. The topological polar surface area (TPSA) is 50.3 Å². The zero-order valence-electron chi connectivity index (χ0n) is 15.9. The van der Waals surface area contributed by atoms with Crippen molar-refractivity contribution < 1.29 is 4.74 Å². The Hall–Kier alpha value is -2.14. The number of benzene rings is 1. The number of hydrogen-bond donors (Lipinski definition) is 1. The van der Waals surface area contributed by atoms with E-state index in [9.17, 15) is 0 Å². The Labute approximate surface area is 156 Å². The molecule has 1 N–H and O–H groups in total. The summed E-state index contributed by atoms with van der Waals surface area (Å²) in [6.45, 7) is 4.89. The summed E-state index contributed by atoms with van der Waals surface area (Å²) >= 11 is 0. The molecule has 1 aliphatic heterocycles. The largest absolute Gasteiger partial charge is 0.385 e. The molecule has 1 unspecified atom stereocenters. The standard InChI is InChI=1S/C21H30N4O/c1-3-18-12-7-8-14-25(18)20-16-19(17-10-5-4-6-11-17)23-21(24-20)22-13-9-15-26-2/h4-6,10-11,16,18H,3,7-9,12-15H2,1-2H3,(H,22,23,24). The number of piperidine rings is 1. The van der Waals surface area contributed by atoms with Crippen molar-refractivity contribution in [2.45, 2.75) is 45.1 Å². The molecule has 5 nitrogen and oxygen atoms in total. The van der Waals surface area contributed by atoms with Crippen LogP contribution in [0.4, 0.5) is 11.8 Å². The quantitative estimate of drug-likeness (QED) is 0.714. The normalized spacial score (nSPS) is 17.3.